The number of hydrogen-bond acceptors (Lipinski definition) is 6. The smallest absolute Gasteiger partial charge is 0.254 e. The highest BCUT2D eigenvalue weighted by atomic mass is 35.5. The van der Waals surface area contributed by atoms with Crippen LogP contribution in [0, 0.1) is 6.92 Å². The van der Waals surface area contributed by atoms with Gasteiger partial charge in [-0.25, -0.2) is 4.98 Å². The lowest BCUT2D eigenvalue weighted by molar-refractivity contribution is 0.0944. The lowest BCUT2D eigenvalue weighted by Crippen LogP contribution is -2.23. The number of rotatable bonds is 7. The molecule has 6 nitrogen and oxygen atoms in total. The summed E-state index contributed by atoms with van der Waals surface area (Å²) in [6.07, 6.45) is 1.66. The van der Waals surface area contributed by atoms with E-state index in [-0.39, 0.29) is 12.5 Å². The molecule has 8 heteroatoms. The summed E-state index contributed by atoms with van der Waals surface area (Å²) in [6.45, 7) is 2.11. The third-order valence-electron chi connectivity index (χ3n) is 4.26. The molecule has 0 spiro atoms. The molecular formula is C22H18ClN3O3S. The number of thioether (sulfide) groups is 1. The Hall–Kier alpha value is -3.03. The van der Waals surface area contributed by atoms with Gasteiger partial charge in [-0.05, 0) is 55.5 Å². The number of halogens is 1. The second kappa shape index (κ2) is 9.19. The van der Waals surface area contributed by atoms with Crippen molar-refractivity contribution in [3.8, 4) is 11.3 Å². The van der Waals surface area contributed by atoms with Gasteiger partial charge in [0.2, 0.25) is 0 Å². The van der Waals surface area contributed by atoms with E-state index in [1.807, 2.05) is 49.4 Å². The maximum absolute atomic E-state index is 12.7. The Morgan fingerprint density at radius 1 is 1.17 bits per heavy atom. The SMILES string of the molecule is Cc1cc(CSc2ncccc2C(=O)NCc2ccc(-c3ccc(Cl)cc3)o2)no1. The van der Waals surface area contributed by atoms with Crippen molar-refractivity contribution in [1.29, 1.82) is 0 Å². The monoisotopic (exact) mass is 439 g/mol. The van der Waals surface area contributed by atoms with E-state index in [4.69, 9.17) is 20.5 Å². The van der Waals surface area contributed by atoms with Gasteiger partial charge in [0, 0.05) is 28.6 Å². The molecule has 1 amide bonds. The standard InChI is InChI=1S/C22H18ClN3O3S/c1-14-11-17(26-29-14)13-30-22-19(3-2-10-24-22)21(27)25-12-18-8-9-20(28-18)15-4-6-16(23)7-5-15/h2-11H,12-13H2,1H3,(H,25,27). The van der Waals surface area contributed by atoms with Crippen LogP contribution in [-0.4, -0.2) is 16.0 Å². The molecule has 0 aliphatic heterocycles. The maximum atomic E-state index is 12.7. The Balaban J connectivity index is 1.39. The average Bonchev–Trinajstić information content (AvgIpc) is 3.40. The molecule has 0 saturated carbocycles. The second-order valence-corrected chi connectivity index (χ2v) is 7.93. The zero-order chi connectivity index (χ0) is 20.9. The van der Waals surface area contributed by atoms with Crippen LogP contribution < -0.4 is 5.32 Å². The van der Waals surface area contributed by atoms with Crippen molar-refractivity contribution in [2.75, 3.05) is 0 Å². The van der Waals surface area contributed by atoms with E-state index in [2.05, 4.69) is 15.5 Å². The molecule has 1 aromatic carbocycles. The van der Waals surface area contributed by atoms with Gasteiger partial charge in [0.15, 0.2) is 0 Å². The first-order valence-electron chi connectivity index (χ1n) is 9.21. The lowest BCUT2D eigenvalue weighted by Gasteiger charge is -2.07. The third kappa shape index (κ3) is 4.93. The molecule has 0 fully saturated rings. The van der Waals surface area contributed by atoms with E-state index >= 15 is 0 Å². The van der Waals surface area contributed by atoms with Crippen LogP contribution in [0.15, 0.2) is 74.8 Å². The Morgan fingerprint density at radius 2 is 2.00 bits per heavy atom. The number of furan rings is 1. The van der Waals surface area contributed by atoms with Crippen LogP contribution in [0.4, 0.5) is 0 Å². The summed E-state index contributed by atoms with van der Waals surface area (Å²) < 4.78 is 10.9. The number of nitrogens with one attached hydrogen (secondary N) is 1. The van der Waals surface area contributed by atoms with Crippen molar-refractivity contribution in [1.82, 2.24) is 15.5 Å². The van der Waals surface area contributed by atoms with Gasteiger partial charge in [-0.1, -0.05) is 28.5 Å². The fourth-order valence-corrected chi connectivity index (χ4v) is 3.81. The van der Waals surface area contributed by atoms with Gasteiger partial charge in [0.05, 0.1) is 17.8 Å². The Labute approximate surface area is 182 Å². The summed E-state index contributed by atoms with van der Waals surface area (Å²) in [7, 11) is 0. The highest BCUT2D eigenvalue weighted by molar-refractivity contribution is 7.98. The van der Waals surface area contributed by atoms with Crippen molar-refractivity contribution in [2.45, 2.75) is 24.2 Å². The molecule has 0 aliphatic carbocycles. The molecule has 1 N–H and O–H groups in total. The number of hydrogen-bond donors (Lipinski definition) is 1. The quantitative estimate of drug-likeness (QED) is 0.382. The molecule has 0 aliphatic rings. The van der Waals surface area contributed by atoms with Gasteiger partial charge in [-0.15, -0.1) is 0 Å². The van der Waals surface area contributed by atoms with Crippen LogP contribution >= 0.6 is 23.4 Å². The normalized spacial score (nSPS) is 10.9. The fourth-order valence-electron chi connectivity index (χ4n) is 2.81. The molecule has 30 heavy (non-hydrogen) atoms. The number of benzene rings is 1. The van der Waals surface area contributed by atoms with Gasteiger partial charge in [-0.3, -0.25) is 4.79 Å². The summed E-state index contributed by atoms with van der Waals surface area (Å²) in [6, 6.07) is 16.5. The molecule has 0 saturated heterocycles. The molecule has 0 radical (unpaired) electrons. The average molecular weight is 440 g/mol. The molecule has 3 aromatic heterocycles. The van der Waals surface area contributed by atoms with Crippen LogP contribution in [0.1, 0.15) is 27.6 Å². The number of carbonyl (C=O) groups is 1. The number of amides is 1. The van der Waals surface area contributed by atoms with Crippen LogP contribution in [0.25, 0.3) is 11.3 Å². The number of aryl methyl sites for hydroxylation is 1. The van der Waals surface area contributed by atoms with E-state index in [0.29, 0.717) is 27.1 Å². The van der Waals surface area contributed by atoms with Crippen LogP contribution in [0.3, 0.4) is 0 Å². The van der Waals surface area contributed by atoms with E-state index in [1.54, 1.807) is 18.3 Å². The summed E-state index contributed by atoms with van der Waals surface area (Å²) in [5, 5.41) is 8.16. The van der Waals surface area contributed by atoms with Crippen molar-refractivity contribution in [2.24, 2.45) is 0 Å². The summed E-state index contributed by atoms with van der Waals surface area (Å²) >= 11 is 7.36. The molecule has 4 aromatic rings. The van der Waals surface area contributed by atoms with Gasteiger partial charge >= 0.3 is 0 Å². The van der Waals surface area contributed by atoms with Crippen molar-refractivity contribution < 1.29 is 13.7 Å². The molecular weight excluding hydrogens is 422 g/mol. The van der Waals surface area contributed by atoms with Gasteiger partial charge in [0.25, 0.3) is 5.91 Å². The first-order chi connectivity index (χ1) is 14.6. The van der Waals surface area contributed by atoms with Crippen molar-refractivity contribution in [3.05, 3.63) is 88.6 Å². The van der Waals surface area contributed by atoms with Crippen LogP contribution in [0.2, 0.25) is 5.02 Å². The van der Waals surface area contributed by atoms with Crippen LogP contribution in [-0.2, 0) is 12.3 Å². The number of carbonyl (C=O) groups excluding carboxylic acids is 1. The fraction of sp³-hybridized carbons (Fsp3) is 0.136. The van der Waals surface area contributed by atoms with Gasteiger partial charge in [0.1, 0.15) is 22.3 Å². The van der Waals surface area contributed by atoms with E-state index < -0.39 is 0 Å². The zero-order valence-electron chi connectivity index (χ0n) is 16.1. The lowest BCUT2D eigenvalue weighted by atomic mass is 10.2. The molecule has 4 rings (SSSR count). The minimum absolute atomic E-state index is 0.216. The van der Waals surface area contributed by atoms with Crippen LogP contribution in [0.5, 0.6) is 0 Å². The predicted molar refractivity (Wildman–Crippen MR) is 115 cm³/mol. The highest BCUT2D eigenvalue weighted by Gasteiger charge is 2.14. The zero-order valence-corrected chi connectivity index (χ0v) is 17.7. The van der Waals surface area contributed by atoms with E-state index in [1.165, 1.54) is 11.8 Å². The molecule has 152 valence electrons. The minimum atomic E-state index is -0.216. The first kappa shape index (κ1) is 20.3. The molecule has 0 atom stereocenters. The second-order valence-electron chi connectivity index (χ2n) is 6.53. The Morgan fingerprint density at radius 3 is 2.77 bits per heavy atom. The number of pyridine rings is 1. The molecule has 0 bridgehead atoms. The summed E-state index contributed by atoms with van der Waals surface area (Å²) in [5.74, 6) is 2.48. The Bertz CT molecular complexity index is 1150. The summed E-state index contributed by atoms with van der Waals surface area (Å²) in [4.78, 5) is 17.1. The van der Waals surface area contributed by atoms with Crippen molar-refractivity contribution >= 4 is 29.3 Å². The largest absolute Gasteiger partial charge is 0.459 e. The van der Waals surface area contributed by atoms with Crippen molar-refractivity contribution in [3.63, 3.8) is 0 Å². The van der Waals surface area contributed by atoms with Gasteiger partial charge in [-0.2, -0.15) is 0 Å². The Kier molecular flexibility index (Phi) is 6.21. The topological polar surface area (TPSA) is 81.2 Å². The van der Waals surface area contributed by atoms with E-state index in [9.17, 15) is 4.79 Å². The third-order valence-corrected chi connectivity index (χ3v) is 5.55. The molecule has 0 unspecified atom stereocenters. The van der Waals surface area contributed by atoms with E-state index in [0.717, 1.165) is 22.8 Å². The summed E-state index contributed by atoms with van der Waals surface area (Å²) in [5.41, 5.74) is 2.23. The minimum Gasteiger partial charge on any atom is -0.459 e. The molecule has 3 heterocycles. The van der Waals surface area contributed by atoms with Gasteiger partial charge < -0.3 is 14.3 Å². The number of aromatic nitrogens is 2. The predicted octanol–water partition coefficient (Wildman–Crippen LogP) is 5.51. The number of nitrogens with zero attached hydrogens (tertiary/aromatic N) is 2. The first-order valence-corrected chi connectivity index (χ1v) is 10.6. The maximum Gasteiger partial charge on any atom is 0.254 e. The highest BCUT2D eigenvalue weighted by Crippen LogP contribution is 2.25.